The van der Waals surface area contributed by atoms with Crippen LogP contribution in [0.4, 0.5) is 9.52 Å². The summed E-state index contributed by atoms with van der Waals surface area (Å²) in [5.74, 6) is -0.247. The average molecular weight is 237 g/mol. The van der Waals surface area contributed by atoms with Gasteiger partial charge in [-0.2, -0.15) is 0 Å². The zero-order valence-corrected chi connectivity index (χ0v) is 9.88. The van der Waals surface area contributed by atoms with Crippen LogP contribution in [0.1, 0.15) is 24.4 Å². The Morgan fingerprint density at radius 2 is 2.06 bits per heavy atom. The highest BCUT2D eigenvalue weighted by molar-refractivity contribution is 7.15. The number of aromatic nitrogens is 2. The Morgan fingerprint density at radius 3 is 2.62 bits per heavy atom. The summed E-state index contributed by atoms with van der Waals surface area (Å²) in [4.78, 5) is 0. The van der Waals surface area contributed by atoms with E-state index >= 15 is 0 Å². The molecular weight excluding hydrogens is 225 g/mol. The van der Waals surface area contributed by atoms with E-state index in [1.807, 2.05) is 19.9 Å². The average Bonchev–Trinajstić information content (AvgIpc) is 2.65. The molecule has 0 spiro atoms. The summed E-state index contributed by atoms with van der Waals surface area (Å²) in [5, 5.41) is 9.02. The fourth-order valence-electron chi connectivity index (χ4n) is 1.49. The van der Waals surface area contributed by atoms with Crippen LogP contribution < -0.4 is 5.73 Å². The SMILES string of the molecule is CC(C)(c1cccc(F)c1)c1nnc(N)s1. The lowest BCUT2D eigenvalue weighted by Crippen LogP contribution is -2.18. The number of rotatable bonds is 2. The first-order valence-electron chi connectivity index (χ1n) is 4.85. The van der Waals surface area contributed by atoms with Crippen LogP contribution >= 0.6 is 11.3 Å². The van der Waals surface area contributed by atoms with Gasteiger partial charge in [0.1, 0.15) is 10.8 Å². The molecule has 3 nitrogen and oxygen atoms in total. The van der Waals surface area contributed by atoms with E-state index in [9.17, 15) is 4.39 Å². The number of nitrogens with two attached hydrogens (primary N) is 1. The number of halogens is 1. The Hall–Kier alpha value is -1.49. The molecule has 1 aromatic carbocycles. The number of hydrogen-bond donors (Lipinski definition) is 1. The normalized spacial score (nSPS) is 11.7. The predicted octanol–water partition coefficient (Wildman–Crippen LogP) is 2.59. The predicted molar refractivity (Wildman–Crippen MR) is 62.8 cm³/mol. The summed E-state index contributed by atoms with van der Waals surface area (Å²) in [7, 11) is 0. The van der Waals surface area contributed by atoms with Crippen LogP contribution in [0.25, 0.3) is 0 Å². The van der Waals surface area contributed by atoms with Crippen molar-refractivity contribution in [3.05, 3.63) is 40.7 Å². The molecule has 0 unspecified atom stereocenters. The van der Waals surface area contributed by atoms with Gasteiger partial charge in [-0.1, -0.05) is 23.5 Å². The Kier molecular flexibility index (Phi) is 2.63. The lowest BCUT2D eigenvalue weighted by atomic mass is 9.85. The lowest BCUT2D eigenvalue weighted by molar-refractivity contribution is 0.595. The summed E-state index contributed by atoms with van der Waals surface area (Å²) in [6, 6.07) is 6.50. The maximum absolute atomic E-state index is 13.2. The van der Waals surface area contributed by atoms with Crippen molar-refractivity contribution in [1.82, 2.24) is 10.2 Å². The van der Waals surface area contributed by atoms with Crippen LogP contribution in [-0.4, -0.2) is 10.2 Å². The fraction of sp³-hybridized carbons (Fsp3) is 0.273. The number of nitrogens with zero attached hydrogens (tertiary/aromatic N) is 2. The second-order valence-corrected chi connectivity index (χ2v) is 5.09. The molecule has 0 saturated carbocycles. The molecular formula is C11H12FN3S. The second-order valence-electron chi connectivity index (χ2n) is 4.08. The van der Waals surface area contributed by atoms with Gasteiger partial charge in [0, 0.05) is 5.41 Å². The molecule has 2 aromatic rings. The Morgan fingerprint density at radius 1 is 1.31 bits per heavy atom. The van der Waals surface area contributed by atoms with Crippen LogP contribution in [0.3, 0.4) is 0 Å². The molecule has 1 heterocycles. The Labute approximate surface area is 97.1 Å². The van der Waals surface area contributed by atoms with Crippen molar-refractivity contribution in [2.45, 2.75) is 19.3 Å². The third-order valence-electron chi connectivity index (χ3n) is 2.52. The van der Waals surface area contributed by atoms with Gasteiger partial charge in [-0.05, 0) is 31.5 Å². The topological polar surface area (TPSA) is 51.8 Å². The molecule has 5 heteroatoms. The first kappa shape index (κ1) is 11.0. The molecule has 0 amide bonds. The third kappa shape index (κ3) is 1.90. The van der Waals surface area contributed by atoms with Crippen molar-refractivity contribution in [2.75, 3.05) is 5.73 Å². The van der Waals surface area contributed by atoms with Crippen LogP contribution in [0.15, 0.2) is 24.3 Å². The van der Waals surface area contributed by atoms with Gasteiger partial charge in [-0.15, -0.1) is 10.2 Å². The van der Waals surface area contributed by atoms with E-state index in [2.05, 4.69) is 10.2 Å². The maximum Gasteiger partial charge on any atom is 0.203 e. The number of nitrogen functional groups attached to an aromatic ring is 1. The van der Waals surface area contributed by atoms with E-state index in [1.165, 1.54) is 23.5 Å². The second kappa shape index (κ2) is 3.83. The van der Waals surface area contributed by atoms with Crippen molar-refractivity contribution < 1.29 is 4.39 Å². The summed E-state index contributed by atoms with van der Waals surface area (Å²) >= 11 is 1.33. The molecule has 0 bridgehead atoms. The first-order chi connectivity index (χ1) is 7.50. The number of anilines is 1. The standard InChI is InChI=1S/C11H12FN3S/c1-11(2,9-14-15-10(13)16-9)7-4-3-5-8(12)6-7/h3-6H,1-2H3,(H2,13,15). The molecule has 0 aliphatic heterocycles. The quantitative estimate of drug-likeness (QED) is 0.873. The molecule has 0 radical (unpaired) electrons. The van der Waals surface area contributed by atoms with E-state index in [-0.39, 0.29) is 11.2 Å². The maximum atomic E-state index is 13.2. The molecule has 84 valence electrons. The van der Waals surface area contributed by atoms with E-state index in [4.69, 9.17) is 5.73 Å². The van der Waals surface area contributed by atoms with Crippen molar-refractivity contribution >= 4 is 16.5 Å². The fourth-order valence-corrected chi connectivity index (χ4v) is 2.22. The van der Waals surface area contributed by atoms with Crippen LogP contribution in [0, 0.1) is 5.82 Å². The van der Waals surface area contributed by atoms with Gasteiger partial charge in [-0.3, -0.25) is 0 Å². The molecule has 0 aliphatic carbocycles. The monoisotopic (exact) mass is 237 g/mol. The molecule has 0 fully saturated rings. The minimum atomic E-state index is -0.378. The molecule has 0 atom stereocenters. The van der Waals surface area contributed by atoms with Crippen LogP contribution in [-0.2, 0) is 5.41 Å². The molecule has 2 N–H and O–H groups in total. The molecule has 16 heavy (non-hydrogen) atoms. The van der Waals surface area contributed by atoms with Crippen molar-refractivity contribution in [2.24, 2.45) is 0 Å². The lowest BCUT2D eigenvalue weighted by Gasteiger charge is -2.21. The van der Waals surface area contributed by atoms with Gasteiger partial charge in [0.05, 0.1) is 0 Å². The summed E-state index contributed by atoms with van der Waals surface area (Å²) in [6.07, 6.45) is 0. The Balaban J connectivity index is 2.46. The van der Waals surface area contributed by atoms with Gasteiger partial charge in [0.25, 0.3) is 0 Å². The van der Waals surface area contributed by atoms with E-state index in [0.29, 0.717) is 5.13 Å². The van der Waals surface area contributed by atoms with Crippen LogP contribution in [0.2, 0.25) is 0 Å². The largest absolute Gasteiger partial charge is 0.374 e. The van der Waals surface area contributed by atoms with Gasteiger partial charge in [-0.25, -0.2) is 4.39 Å². The summed E-state index contributed by atoms with van der Waals surface area (Å²) in [6.45, 7) is 3.95. The first-order valence-corrected chi connectivity index (χ1v) is 5.67. The van der Waals surface area contributed by atoms with E-state index in [1.54, 1.807) is 6.07 Å². The number of benzene rings is 1. The minimum Gasteiger partial charge on any atom is -0.374 e. The smallest absolute Gasteiger partial charge is 0.203 e. The third-order valence-corrected chi connectivity index (χ3v) is 3.60. The summed E-state index contributed by atoms with van der Waals surface area (Å²) < 4.78 is 13.2. The highest BCUT2D eigenvalue weighted by Gasteiger charge is 2.27. The minimum absolute atomic E-state index is 0.247. The van der Waals surface area contributed by atoms with Crippen LogP contribution in [0.5, 0.6) is 0 Å². The van der Waals surface area contributed by atoms with Crippen molar-refractivity contribution in [3.8, 4) is 0 Å². The molecule has 1 aromatic heterocycles. The zero-order valence-electron chi connectivity index (χ0n) is 9.07. The van der Waals surface area contributed by atoms with Crippen molar-refractivity contribution in [3.63, 3.8) is 0 Å². The van der Waals surface area contributed by atoms with E-state index < -0.39 is 0 Å². The van der Waals surface area contributed by atoms with Gasteiger partial charge < -0.3 is 5.73 Å². The van der Waals surface area contributed by atoms with Crippen molar-refractivity contribution in [1.29, 1.82) is 0 Å². The molecule has 0 saturated heterocycles. The highest BCUT2D eigenvalue weighted by atomic mass is 32.1. The Bertz CT molecular complexity index is 507. The molecule has 0 aliphatic rings. The van der Waals surface area contributed by atoms with Gasteiger partial charge in [0.2, 0.25) is 5.13 Å². The zero-order chi connectivity index (χ0) is 11.8. The summed E-state index contributed by atoms with van der Waals surface area (Å²) in [5.41, 5.74) is 6.04. The van der Waals surface area contributed by atoms with Gasteiger partial charge >= 0.3 is 0 Å². The molecule has 2 rings (SSSR count). The van der Waals surface area contributed by atoms with E-state index in [0.717, 1.165) is 10.6 Å². The number of hydrogen-bond acceptors (Lipinski definition) is 4. The van der Waals surface area contributed by atoms with Gasteiger partial charge in [0.15, 0.2) is 0 Å². The highest BCUT2D eigenvalue weighted by Crippen LogP contribution is 2.33.